The molecule has 10 nitrogen and oxygen atoms in total. The molecule has 1 aromatic carbocycles. The fraction of sp³-hybridized carbons (Fsp3) is 0.375. The number of aromatic nitrogens is 4. The topological polar surface area (TPSA) is 142 Å². The van der Waals surface area contributed by atoms with Crippen LogP contribution in [0.4, 0.5) is 0 Å². The lowest BCUT2D eigenvalue weighted by Gasteiger charge is -2.32. The van der Waals surface area contributed by atoms with Gasteiger partial charge in [0.15, 0.2) is 5.03 Å². The van der Waals surface area contributed by atoms with E-state index in [1.807, 2.05) is 17.6 Å². The third-order valence-electron chi connectivity index (χ3n) is 6.57. The van der Waals surface area contributed by atoms with Crippen molar-refractivity contribution < 1.29 is 16.8 Å². The number of aromatic amines is 1. The molecule has 1 aliphatic rings. The van der Waals surface area contributed by atoms with Gasteiger partial charge in [0.1, 0.15) is 17.0 Å². The second-order valence-electron chi connectivity index (χ2n) is 8.85. The van der Waals surface area contributed by atoms with E-state index in [9.17, 15) is 22.1 Å². The maximum absolute atomic E-state index is 13.6. The third-order valence-corrected chi connectivity index (χ3v) is 10.3. The molecule has 0 radical (unpaired) electrons. The Hall–Kier alpha value is -3.27. The van der Waals surface area contributed by atoms with E-state index >= 15 is 0 Å². The van der Waals surface area contributed by atoms with Crippen molar-refractivity contribution in [1.82, 2.24) is 23.8 Å². The standard InChI is InChI=1S/C24H26N6O4S2/c1-2-16-35(31,32)29-14-10-17(11-15-29)30-20(8-12-25)27-21-22(30)19-9-13-26-23(19)28-24(21)36(33,34)18-6-4-3-5-7-18/h3-7,9,13,17H,2,8,10-11,14-16H2,1H3,(H,26,28). The average Bonchev–Trinajstić information content (AvgIpc) is 3.48. The molecule has 0 amide bonds. The Morgan fingerprint density at radius 3 is 2.47 bits per heavy atom. The Kier molecular flexibility index (Phi) is 6.32. The molecule has 4 aromatic rings. The molecule has 3 aromatic heterocycles. The van der Waals surface area contributed by atoms with Gasteiger partial charge in [-0.25, -0.2) is 31.1 Å². The molecule has 0 aliphatic carbocycles. The highest BCUT2D eigenvalue weighted by molar-refractivity contribution is 7.91. The Labute approximate surface area is 209 Å². The van der Waals surface area contributed by atoms with Crippen molar-refractivity contribution in [2.75, 3.05) is 18.8 Å². The SMILES string of the molecule is CCCS(=O)(=O)N1CCC(n2c(CC#N)nc3c(S(=O)(=O)c4ccccc4)nc4[nH]ccc4c32)CC1. The Bertz CT molecular complexity index is 1680. The number of imidazole rings is 1. The monoisotopic (exact) mass is 526 g/mol. The number of fused-ring (bicyclic) bond motifs is 3. The maximum atomic E-state index is 13.6. The molecule has 1 aliphatic heterocycles. The summed E-state index contributed by atoms with van der Waals surface area (Å²) in [6, 6.07) is 11.9. The number of nitriles is 1. The van der Waals surface area contributed by atoms with E-state index < -0.39 is 19.9 Å². The van der Waals surface area contributed by atoms with Gasteiger partial charge in [-0.15, -0.1) is 0 Å². The number of hydrogen-bond donors (Lipinski definition) is 1. The quantitative estimate of drug-likeness (QED) is 0.390. The molecular weight excluding hydrogens is 500 g/mol. The minimum Gasteiger partial charge on any atom is -0.346 e. The number of hydrogen-bond acceptors (Lipinski definition) is 7. The first-order valence-corrected chi connectivity index (χ1v) is 14.9. The molecule has 5 rings (SSSR count). The second-order valence-corrected chi connectivity index (χ2v) is 12.8. The summed E-state index contributed by atoms with van der Waals surface area (Å²) in [7, 11) is -7.31. The molecule has 188 valence electrons. The van der Waals surface area contributed by atoms with Gasteiger partial charge in [-0.2, -0.15) is 5.26 Å². The van der Waals surface area contributed by atoms with Crippen LogP contribution in [-0.2, 0) is 26.3 Å². The van der Waals surface area contributed by atoms with E-state index in [2.05, 4.69) is 21.0 Å². The zero-order valence-electron chi connectivity index (χ0n) is 19.8. The van der Waals surface area contributed by atoms with E-state index in [4.69, 9.17) is 0 Å². The number of piperidine rings is 1. The van der Waals surface area contributed by atoms with E-state index in [0.29, 0.717) is 54.7 Å². The van der Waals surface area contributed by atoms with Crippen LogP contribution >= 0.6 is 0 Å². The number of nitrogens with one attached hydrogen (secondary N) is 1. The van der Waals surface area contributed by atoms with Crippen LogP contribution in [0.15, 0.2) is 52.5 Å². The Balaban J connectivity index is 1.68. The van der Waals surface area contributed by atoms with Crippen molar-refractivity contribution >= 4 is 41.9 Å². The first-order chi connectivity index (χ1) is 17.3. The minimum absolute atomic E-state index is 0.0141. The largest absolute Gasteiger partial charge is 0.346 e. The summed E-state index contributed by atoms with van der Waals surface area (Å²) >= 11 is 0. The van der Waals surface area contributed by atoms with Crippen LogP contribution < -0.4 is 0 Å². The van der Waals surface area contributed by atoms with Gasteiger partial charge in [-0.05, 0) is 37.5 Å². The number of nitrogens with zero attached hydrogens (tertiary/aromatic N) is 5. The fourth-order valence-corrected chi connectivity index (χ4v) is 7.83. The number of rotatable bonds is 7. The van der Waals surface area contributed by atoms with Crippen molar-refractivity contribution in [3.63, 3.8) is 0 Å². The predicted octanol–water partition coefficient (Wildman–Crippen LogP) is 3.19. The first kappa shape index (κ1) is 24.4. The van der Waals surface area contributed by atoms with Gasteiger partial charge in [0.25, 0.3) is 0 Å². The molecule has 0 bridgehead atoms. The summed E-state index contributed by atoms with van der Waals surface area (Å²) in [5.41, 5.74) is 1.22. The van der Waals surface area contributed by atoms with Crippen LogP contribution in [0.3, 0.4) is 0 Å². The lowest BCUT2D eigenvalue weighted by atomic mass is 10.1. The van der Waals surface area contributed by atoms with Crippen molar-refractivity contribution in [2.45, 2.75) is 48.6 Å². The number of benzene rings is 1. The highest BCUT2D eigenvalue weighted by Gasteiger charge is 2.33. The van der Waals surface area contributed by atoms with Crippen LogP contribution in [0.25, 0.3) is 22.1 Å². The number of H-pyrrole nitrogens is 1. The van der Waals surface area contributed by atoms with E-state index in [1.54, 1.807) is 24.4 Å². The molecule has 1 saturated heterocycles. The van der Waals surface area contributed by atoms with Crippen LogP contribution in [0.1, 0.15) is 38.1 Å². The molecule has 36 heavy (non-hydrogen) atoms. The third kappa shape index (κ3) is 4.07. The van der Waals surface area contributed by atoms with Gasteiger partial charge in [-0.1, -0.05) is 25.1 Å². The molecule has 0 saturated carbocycles. The molecule has 0 unspecified atom stereocenters. The Morgan fingerprint density at radius 2 is 1.81 bits per heavy atom. The zero-order valence-corrected chi connectivity index (χ0v) is 21.4. The average molecular weight is 527 g/mol. The van der Waals surface area contributed by atoms with Crippen molar-refractivity contribution in [3.05, 3.63) is 48.4 Å². The number of pyridine rings is 1. The van der Waals surface area contributed by atoms with Crippen molar-refractivity contribution in [3.8, 4) is 6.07 Å². The molecule has 1 fully saturated rings. The van der Waals surface area contributed by atoms with E-state index in [0.717, 1.165) is 0 Å². The van der Waals surface area contributed by atoms with Gasteiger partial charge >= 0.3 is 0 Å². The minimum atomic E-state index is -4.00. The number of sulfonamides is 1. The summed E-state index contributed by atoms with van der Waals surface area (Å²) in [6.07, 6.45) is 3.29. The summed E-state index contributed by atoms with van der Waals surface area (Å²) < 4.78 is 55.8. The molecule has 12 heteroatoms. The van der Waals surface area contributed by atoms with Crippen LogP contribution in [-0.4, -0.2) is 59.5 Å². The van der Waals surface area contributed by atoms with Crippen LogP contribution in [0.2, 0.25) is 0 Å². The van der Waals surface area contributed by atoms with Gasteiger partial charge in [0, 0.05) is 30.7 Å². The highest BCUT2D eigenvalue weighted by atomic mass is 32.2. The molecule has 0 atom stereocenters. The van der Waals surface area contributed by atoms with E-state index in [1.165, 1.54) is 16.4 Å². The molecule has 1 N–H and O–H groups in total. The number of sulfone groups is 1. The highest BCUT2D eigenvalue weighted by Crippen LogP contribution is 2.36. The maximum Gasteiger partial charge on any atom is 0.226 e. The smallest absolute Gasteiger partial charge is 0.226 e. The molecular formula is C24H26N6O4S2. The summed E-state index contributed by atoms with van der Waals surface area (Å²) in [5.74, 6) is 0.559. The zero-order chi connectivity index (χ0) is 25.5. The van der Waals surface area contributed by atoms with Gasteiger partial charge in [0.05, 0.1) is 28.7 Å². The normalized spacial score (nSPS) is 16.0. The fourth-order valence-electron chi connectivity index (χ4n) is 4.94. The van der Waals surface area contributed by atoms with Gasteiger partial charge in [0.2, 0.25) is 19.9 Å². The lowest BCUT2D eigenvalue weighted by Crippen LogP contribution is -2.40. The van der Waals surface area contributed by atoms with Crippen LogP contribution in [0.5, 0.6) is 0 Å². The lowest BCUT2D eigenvalue weighted by molar-refractivity contribution is 0.274. The van der Waals surface area contributed by atoms with Crippen molar-refractivity contribution in [1.29, 1.82) is 5.26 Å². The summed E-state index contributed by atoms with van der Waals surface area (Å²) in [6.45, 7) is 2.55. The first-order valence-electron chi connectivity index (χ1n) is 11.8. The van der Waals surface area contributed by atoms with Gasteiger partial charge in [-0.3, -0.25) is 0 Å². The predicted molar refractivity (Wildman–Crippen MR) is 135 cm³/mol. The Morgan fingerprint density at radius 1 is 1.08 bits per heavy atom. The summed E-state index contributed by atoms with van der Waals surface area (Å²) in [4.78, 5) is 12.2. The van der Waals surface area contributed by atoms with Crippen molar-refractivity contribution in [2.24, 2.45) is 0 Å². The molecule has 0 spiro atoms. The summed E-state index contributed by atoms with van der Waals surface area (Å²) in [5, 5.41) is 10.1. The van der Waals surface area contributed by atoms with Crippen LogP contribution in [0, 0.1) is 11.3 Å². The molecule has 4 heterocycles. The second kappa shape index (κ2) is 9.31. The van der Waals surface area contributed by atoms with E-state index in [-0.39, 0.29) is 33.7 Å². The van der Waals surface area contributed by atoms with Gasteiger partial charge < -0.3 is 9.55 Å².